The minimum atomic E-state index is -0.296. The lowest BCUT2D eigenvalue weighted by Crippen LogP contribution is -2.15. The Balaban J connectivity index is 0.880. The fourth-order valence-corrected chi connectivity index (χ4v) is 10.6. The highest BCUT2D eigenvalue weighted by Crippen LogP contribution is 2.51. The third-order valence-corrected chi connectivity index (χ3v) is 13.8. The Kier molecular flexibility index (Phi) is 7.64. The fourth-order valence-electron chi connectivity index (χ4n) is 10.6. The number of rotatable bonds is 5. The molecule has 0 atom stereocenters. The van der Waals surface area contributed by atoms with E-state index in [1.54, 1.807) is 0 Å². The summed E-state index contributed by atoms with van der Waals surface area (Å²) in [4.78, 5) is 15.9. The van der Waals surface area contributed by atoms with Crippen LogP contribution in [0.2, 0.25) is 0 Å². The van der Waals surface area contributed by atoms with E-state index in [2.05, 4.69) is 123 Å². The Morgan fingerprint density at radius 2 is 0.682 bits per heavy atom. The van der Waals surface area contributed by atoms with E-state index in [4.69, 9.17) is 28.2 Å². The zero-order valence-electron chi connectivity index (χ0n) is 36.0. The van der Waals surface area contributed by atoms with Gasteiger partial charge in [0.2, 0.25) is 0 Å². The molecule has 0 unspecified atom stereocenters. The fraction of sp³-hybridized carbons (Fsp3) is 0.0500. The van der Waals surface area contributed by atoms with E-state index in [1.807, 2.05) is 78.9 Å². The van der Waals surface area contributed by atoms with Crippen molar-refractivity contribution in [1.82, 2.24) is 15.0 Å². The summed E-state index contributed by atoms with van der Waals surface area (Å²) in [5.41, 5.74) is 17.1. The van der Waals surface area contributed by atoms with Crippen LogP contribution in [0.1, 0.15) is 25.0 Å². The molecule has 0 aliphatic heterocycles. The van der Waals surface area contributed by atoms with Gasteiger partial charge >= 0.3 is 0 Å². The van der Waals surface area contributed by atoms with Crippen LogP contribution in [0, 0.1) is 0 Å². The summed E-state index contributed by atoms with van der Waals surface area (Å²) in [6.07, 6.45) is 0. The van der Waals surface area contributed by atoms with Crippen molar-refractivity contribution in [3.05, 3.63) is 199 Å². The molecule has 0 radical (unpaired) electrons. The van der Waals surface area contributed by atoms with Crippen molar-refractivity contribution in [2.24, 2.45) is 0 Å². The molecule has 0 spiro atoms. The average molecular weight is 848 g/mol. The average Bonchev–Trinajstić information content (AvgIpc) is 4.12. The zero-order valence-corrected chi connectivity index (χ0v) is 36.0. The Morgan fingerprint density at radius 3 is 1.20 bits per heavy atom. The smallest absolute Gasteiger partial charge is 0.164 e. The molecular formula is C60H37N3O3. The maximum Gasteiger partial charge on any atom is 0.164 e. The van der Waals surface area contributed by atoms with Crippen molar-refractivity contribution in [2.75, 3.05) is 0 Å². The summed E-state index contributed by atoms with van der Waals surface area (Å²) in [6, 6.07) is 65.6. The van der Waals surface area contributed by atoms with Crippen LogP contribution in [0.4, 0.5) is 0 Å². The number of benzene rings is 9. The van der Waals surface area contributed by atoms with Crippen molar-refractivity contribution < 1.29 is 13.3 Å². The molecule has 4 heterocycles. The van der Waals surface area contributed by atoms with Crippen LogP contribution in [-0.2, 0) is 5.41 Å². The van der Waals surface area contributed by atoms with Crippen LogP contribution in [-0.4, -0.2) is 15.0 Å². The Hall–Kier alpha value is -8.61. The van der Waals surface area contributed by atoms with Gasteiger partial charge in [0.1, 0.15) is 33.5 Å². The van der Waals surface area contributed by atoms with E-state index >= 15 is 0 Å². The molecule has 0 amide bonds. The molecule has 1 aliphatic carbocycles. The molecule has 9 aromatic carbocycles. The van der Waals surface area contributed by atoms with Gasteiger partial charge in [-0.2, -0.15) is 0 Å². The highest BCUT2D eigenvalue weighted by Gasteiger charge is 2.36. The summed E-state index contributed by atoms with van der Waals surface area (Å²) in [5.74, 6) is 1.75. The van der Waals surface area contributed by atoms with Crippen LogP contribution in [0.5, 0.6) is 0 Å². The minimum absolute atomic E-state index is 0.296. The van der Waals surface area contributed by atoms with Gasteiger partial charge in [-0.15, -0.1) is 0 Å². The first kappa shape index (κ1) is 36.8. The number of nitrogens with zero attached hydrogens (tertiary/aromatic N) is 3. The molecule has 0 fully saturated rings. The second kappa shape index (κ2) is 13.7. The number of hydrogen-bond acceptors (Lipinski definition) is 6. The maximum absolute atomic E-state index is 6.34. The van der Waals surface area contributed by atoms with Crippen LogP contribution < -0.4 is 0 Å². The molecule has 0 saturated carbocycles. The standard InChI is InChI=1S/C60H37N3O3/c1-60(2)46-32-36(34-24-26-35(27-25-34)38-15-9-21-51-54(38)41-12-3-6-18-48(41)64-51)28-30-39(46)40-31-29-37(33-47(40)60)57-61-58(44-16-10-22-52-55(44)42-13-4-7-19-49(42)65-52)63-59(62-57)45-17-11-23-53-56(45)43-14-5-8-20-50(43)66-53/h3-33H,1-2H3. The van der Waals surface area contributed by atoms with Crippen LogP contribution in [0.3, 0.4) is 0 Å². The van der Waals surface area contributed by atoms with Gasteiger partial charge in [-0.3, -0.25) is 0 Å². The summed E-state index contributed by atoms with van der Waals surface area (Å²) >= 11 is 0. The lowest BCUT2D eigenvalue weighted by molar-refractivity contribution is 0.660. The Bertz CT molecular complexity index is 4020. The van der Waals surface area contributed by atoms with E-state index in [-0.39, 0.29) is 5.41 Å². The highest BCUT2D eigenvalue weighted by molar-refractivity contribution is 6.14. The van der Waals surface area contributed by atoms with Crippen LogP contribution in [0.15, 0.2) is 201 Å². The topological polar surface area (TPSA) is 78.1 Å². The van der Waals surface area contributed by atoms with Gasteiger partial charge in [-0.1, -0.05) is 153 Å². The molecule has 14 rings (SSSR count). The number of fused-ring (bicyclic) bond motifs is 12. The van der Waals surface area contributed by atoms with Gasteiger partial charge in [0.15, 0.2) is 17.5 Å². The monoisotopic (exact) mass is 847 g/mol. The molecule has 310 valence electrons. The van der Waals surface area contributed by atoms with Crippen molar-refractivity contribution in [3.8, 4) is 67.5 Å². The summed E-state index contributed by atoms with van der Waals surface area (Å²) < 4.78 is 18.9. The molecule has 66 heavy (non-hydrogen) atoms. The van der Waals surface area contributed by atoms with E-state index in [0.29, 0.717) is 17.5 Å². The summed E-state index contributed by atoms with van der Waals surface area (Å²) in [5, 5.41) is 6.26. The molecule has 0 bridgehead atoms. The van der Waals surface area contributed by atoms with Gasteiger partial charge in [-0.25, -0.2) is 15.0 Å². The normalized spacial score (nSPS) is 13.1. The van der Waals surface area contributed by atoms with Gasteiger partial charge in [0, 0.05) is 54.4 Å². The molecule has 1 aliphatic rings. The number of furan rings is 3. The largest absolute Gasteiger partial charge is 0.456 e. The molecule has 6 heteroatoms. The molecular weight excluding hydrogens is 811 g/mol. The number of aromatic nitrogens is 3. The first-order valence-electron chi connectivity index (χ1n) is 22.3. The zero-order chi connectivity index (χ0) is 43.7. The SMILES string of the molecule is CC1(C)c2cc(-c3ccc(-c4cccc5oc6ccccc6c45)cc3)ccc2-c2ccc(-c3nc(-c4cccc5oc6ccccc6c45)nc(-c4cccc5oc6ccccc6c45)n3)cc21. The van der Waals surface area contributed by atoms with E-state index in [9.17, 15) is 0 Å². The highest BCUT2D eigenvalue weighted by atomic mass is 16.3. The van der Waals surface area contributed by atoms with E-state index in [1.165, 1.54) is 38.9 Å². The van der Waals surface area contributed by atoms with Gasteiger partial charge in [0.05, 0.1) is 0 Å². The van der Waals surface area contributed by atoms with Gasteiger partial charge in [-0.05, 0) is 93.0 Å². The first-order valence-corrected chi connectivity index (χ1v) is 22.3. The predicted molar refractivity (Wildman–Crippen MR) is 266 cm³/mol. The van der Waals surface area contributed by atoms with E-state index < -0.39 is 0 Å². The first-order chi connectivity index (χ1) is 32.4. The Morgan fingerprint density at radius 1 is 0.303 bits per heavy atom. The lowest BCUT2D eigenvalue weighted by atomic mass is 9.81. The van der Waals surface area contributed by atoms with Crippen molar-refractivity contribution in [1.29, 1.82) is 0 Å². The quantitative estimate of drug-likeness (QED) is 0.172. The van der Waals surface area contributed by atoms with Crippen molar-refractivity contribution in [2.45, 2.75) is 19.3 Å². The second-order valence-electron chi connectivity index (χ2n) is 17.9. The molecule has 6 nitrogen and oxygen atoms in total. The van der Waals surface area contributed by atoms with Crippen molar-refractivity contribution >= 4 is 65.8 Å². The molecule has 0 N–H and O–H groups in total. The maximum atomic E-state index is 6.34. The molecule has 0 saturated heterocycles. The third-order valence-electron chi connectivity index (χ3n) is 13.8. The molecule has 13 aromatic rings. The second-order valence-corrected chi connectivity index (χ2v) is 17.9. The van der Waals surface area contributed by atoms with Gasteiger partial charge < -0.3 is 13.3 Å². The van der Waals surface area contributed by atoms with Gasteiger partial charge in [0.25, 0.3) is 0 Å². The third kappa shape index (κ3) is 5.39. The summed E-state index contributed by atoms with van der Waals surface area (Å²) in [6.45, 7) is 4.65. The minimum Gasteiger partial charge on any atom is -0.456 e. The van der Waals surface area contributed by atoms with Crippen LogP contribution >= 0.6 is 0 Å². The van der Waals surface area contributed by atoms with Crippen molar-refractivity contribution in [3.63, 3.8) is 0 Å². The van der Waals surface area contributed by atoms with Crippen LogP contribution in [0.25, 0.3) is 133 Å². The van der Waals surface area contributed by atoms with E-state index in [0.717, 1.165) is 88.1 Å². The lowest BCUT2D eigenvalue weighted by Gasteiger charge is -2.22. The predicted octanol–water partition coefficient (Wildman–Crippen LogP) is 16.2. The Labute approximate surface area is 378 Å². The molecule has 4 aromatic heterocycles. The number of hydrogen-bond donors (Lipinski definition) is 0. The summed E-state index contributed by atoms with van der Waals surface area (Å²) in [7, 11) is 0. The number of para-hydroxylation sites is 3.